The molecule has 0 saturated carbocycles. The predicted octanol–water partition coefficient (Wildman–Crippen LogP) is 1.40. The van der Waals surface area contributed by atoms with Crippen LogP contribution in [0.1, 0.15) is 5.56 Å². The molecule has 10 heteroatoms. The zero-order valence-electron chi connectivity index (χ0n) is 14.8. The molecule has 2 aromatic heterocycles. The van der Waals surface area contributed by atoms with Crippen LogP contribution in [0.2, 0.25) is 0 Å². The quantitative estimate of drug-likeness (QED) is 0.552. The van der Waals surface area contributed by atoms with Crippen molar-refractivity contribution in [1.82, 2.24) is 20.2 Å². The van der Waals surface area contributed by atoms with Crippen LogP contribution in [-0.2, 0) is 11.3 Å². The number of aromatic nitrogens is 2. The number of rotatable bonds is 5. The summed E-state index contributed by atoms with van der Waals surface area (Å²) < 4.78 is 0. The summed E-state index contributed by atoms with van der Waals surface area (Å²) in [4.78, 5) is 33.3. The first-order valence-electron chi connectivity index (χ1n) is 8.35. The van der Waals surface area contributed by atoms with E-state index in [0.29, 0.717) is 23.9 Å². The van der Waals surface area contributed by atoms with Crippen LogP contribution in [0.4, 0.5) is 16.4 Å². The summed E-state index contributed by atoms with van der Waals surface area (Å²) in [6.45, 7) is 0.0849. The Balaban J connectivity index is 1.86. The maximum absolute atomic E-state index is 12.6. The second-order valence-electron chi connectivity index (χ2n) is 6.03. The fourth-order valence-electron chi connectivity index (χ4n) is 2.72. The van der Waals surface area contributed by atoms with E-state index in [0.717, 1.165) is 10.5 Å². The average Bonchev–Trinajstić information content (AvgIpc) is 2.66. The second-order valence-corrected chi connectivity index (χ2v) is 6.44. The average molecular weight is 398 g/mol. The van der Waals surface area contributed by atoms with Crippen molar-refractivity contribution in [2.45, 2.75) is 6.54 Å². The van der Waals surface area contributed by atoms with Gasteiger partial charge in [-0.1, -0.05) is 18.3 Å². The number of nitrogens with one attached hydrogen (secondary N) is 2. The van der Waals surface area contributed by atoms with Gasteiger partial charge in [-0.15, -0.1) is 0 Å². The summed E-state index contributed by atoms with van der Waals surface area (Å²) >= 11 is 5.40. The maximum atomic E-state index is 12.6. The third-order valence-electron chi connectivity index (χ3n) is 4.02. The van der Waals surface area contributed by atoms with E-state index in [1.165, 1.54) is 0 Å². The molecule has 5 N–H and O–H groups in total. The number of ketones is 1. The number of carbonyl (C=O) groups is 2. The van der Waals surface area contributed by atoms with Crippen LogP contribution in [-0.4, -0.2) is 49.9 Å². The van der Waals surface area contributed by atoms with Crippen LogP contribution in [0, 0.1) is 0 Å². The predicted molar refractivity (Wildman–Crippen MR) is 108 cm³/mol. The van der Waals surface area contributed by atoms with Gasteiger partial charge in [-0.2, -0.15) is 0 Å². The molecule has 0 bridgehead atoms. The van der Waals surface area contributed by atoms with Gasteiger partial charge >= 0.3 is 6.09 Å². The molecule has 0 spiro atoms. The third kappa shape index (κ3) is 4.60. The Morgan fingerprint density at radius 1 is 1.25 bits per heavy atom. The number of anilines is 2. The summed E-state index contributed by atoms with van der Waals surface area (Å²) in [6.07, 6.45) is 1.99. The van der Waals surface area contributed by atoms with Crippen LogP contribution in [0.3, 0.4) is 0 Å². The number of nitrogen functional groups attached to an aromatic ring is 1. The number of amides is 1. The van der Waals surface area contributed by atoms with E-state index in [4.69, 9.17) is 18.0 Å². The van der Waals surface area contributed by atoms with Crippen molar-refractivity contribution < 1.29 is 14.7 Å². The number of hydrogen-bond donors (Lipinski definition) is 4. The molecule has 0 atom stereocenters. The summed E-state index contributed by atoms with van der Waals surface area (Å²) in [5, 5.41) is 15.3. The first-order valence-corrected chi connectivity index (χ1v) is 8.75. The molecule has 0 unspecified atom stereocenters. The highest BCUT2D eigenvalue weighted by Gasteiger charge is 2.31. The van der Waals surface area contributed by atoms with Crippen molar-refractivity contribution in [3.05, 3.63) is 59.6 Å². The lowest BCUT2D eigenvalue weighted by atomic mass is 10.0. The monoisotopic (exact) mass is 398 g/mol. The fourth-order valence-corrected chi connectivity index (χ4v) is 3.06. The van der Waals surface area contributed by atoms with Crippen molar-refractivity contribution in [1.29, 1.82) is 0 Å². The van der Waals surface area contributed by atoms with Gasteiger partial charge in [0.1, 0.15) is 16.6 Å². The zero-order chi connectivity index (χ0) is 20.1. The largest absolute Gasteiger partial charge is 0.465 e. The molecule has 3 rings (SSSR count). The van der Waals surface area contributed by atoms with Gasteiger partial charge in [0.2, 0.25) is 0 Å². The summed E-state index contributed by atoms with van der Waals surface area (Å²) in [6, 6.07) is 8.73. The standard InChI is InChI=1S/C18H18N6O3S/c19-14-7-11(4-6-20-14)8-22-12-9-24(18(26)27)10-13(25)16(12)17(28)23-15-3-1-2-5-21-15/h1-7,22H,8-10H2,(H2,19,20)(H,26,27)(H,21,23,28). The second kappa shape index (κ2) is 8.44. The molecule has 0 saturated heterocycles. The van der Waals surface area contributed by atoms with Crippen LogP contribution in [0.15, 0.2) is 54.0 Å². The Morgan fingerprint density at radius 2 is 2.07 bits per heavy atom. The van der Waals surface area contributed by atoms with E-state index in [1.807, 2.05) is 0 Å². The van der Waals surface area contributed by atoms with E-state index < -0.39 is 6.09 Å². The molecule has 0 aromatic carbocycles. The Bertz CT molecular complexity index is 947. The number of pyridine rings is 2. The number of carboxylic acid groups (broad SMARTS) is 1. The number of nitrogens with zero attached hydrogens (tertiary/aromatic N) is 3. The number of thiocarbonyl (C=S) groups is 1. The lowest BCUT2D eigenvalue weighted by Crippen LogP contribution is -2.46. The van der Waals surface area contributed by atoms with Crippen LogP contribution in [0.5, 0.6) is 0 Å². The third-order valence-corrected chi connectivity index (χ3v) is 4.33. The van der Waals surface area contributed by atoms with Gasteiger partial charge in [0.05, 0.1) is 18.7 Å². The molecular weight excluding hydrogens is 380 g/mol. The smallest absolute Gasteiger partial charge is 0.408 e. The van der Waals surface area contributed by atoms with E-state index in [1.54, 1.807) is 42.7 Å². The van der Waals surface area contributed by atoms with Crippen LogP contribution >= 0.6 is 12.2 Å². The van der Waals surface area contributed by atoms with Gasteiger partial charge in [0, 0.05) is 24.6 Å². The summed E-state index contributed by atoms with van der Waals surface area (Å²) in [5.41, 5.74) is 7.19. The minimum atomic E-state index is -1.18. The first kappa shape index (κ1) is 19.2. The molecule has 1 amide bonds. The highest BCUT2D eigenvalue weighted by molar-refractivity contribution is 7.81. The molecule has 1 aliphatic rings. The Labute approximate surface area is 166 Å². The maximum Gasteiger partial charge on any atom is 0.408 e. The van der Waals surface area contributed by atoms with Gasteiger partial charge < -0.3 is 21.5 Å². The van der Waals surface area contributed by atoms with Gasteiger partial charge in [-0.3, -0.25) is 9.69 Å². The topological polar surface area (TPSA) is 133 Å². The van der Waals surface area contributed by atoms with Gasteiger partial charge in [0.15, 0.2) is 5.78 Å². The Morgan fingerprint density at radius 3 is 2.75 bits per heavy atom. The molecule has 144 valence electrons. The van der Waals surface area contributed by atoms with Crippen molar-refractivity contribution in [3.63, 3.8) is 0 Å². The van der Waals surface area contributed by atoms with E-state index in [9.17, 15) is 14.7 Å². The number of carbonyl (C=O) groups excluding carboxylic acids is 1. The molecule has 3 heterocycles. The lowest BCUT2D eigenvalue weighted by molar-refractivity contribution is -0.116. The van der Waals surface area contributed by atoms with Crippen LogP contribution < -0.4 is 16.4 Å². The van der Waals surface area contributed by atoms with Crippen molar-refractivity contribution in [2.24, 2.45) is 0 Å². The van der Waals surface area contributed by atoms with Gasteiger partial charge in [-0.05, 0) is 29.8 Å². The first-order chi connectivity index (χ1) is 13.4. The minimum Gasteiger partial charge on any atom is -0.465 e. The molecule has 9 nitrogen and oxygen atoms in total. The Kier molecular flexibility index (Phi) is 5.80. The zero-order valence-corrected chi connectivity index (χ0v) is 15.6. The highest BCUT2D eigenvalue weighted by atomic mass is 32.1. The minimum absolute atomic E-state index is 0.0149. The highest BCUT2D eigenvalue weighted by Crippen LogP contribution is 2.18. The Hall–Kier alpha value is -3.53. The summed E-state index contributed by atoms with van der Waals surface area (Å²) in [7, 11) is 0. The van der Waals surface area contributed by atoms with E-state index >= 15 is 0 Å². The normalized spacial score (nSPS) is 14.0. The lowest BCUT2D eigenvalue weighted by Gasteiger charge is -2.29. The summed E-state index contributed by atoms with van der Waals surface area (Å²) in [5.74, 6) is 0.473. The van der Waals surface area contributed by atoms with Crippen LogP contribution in [0.25, 0.3) is 0 Å². The van der Waals surface area contributed by atoms with E-state index in [2.05, 4.69) is 20.6 Å². The molecule has 2 aromatic rings. The van der Waals surface area contributed by atoms with E-state index in [-0.39, 0.29) is 29.4 Å². The number of Topliss-reactive ketones (excluding diaryl/α,β-unsaturated/α-hetero) is 1. The SMILES string of the molecule is Nc1cc(CNC2=C(C(=S)Nc3ccccn3)C(=O)CN(C(=O)O)C2)ccn1. The van der Waals surface area contributed by atoms with Crippen molar-refractivity contribution in [3.8, 4) is 0 Å². The molecule has 0 fully saturated rings. The number of nitrogens with two attached hydrogens (primary N) is 1. The molecule has 0 radical (unpaired) electrons. The van der Waals surface area contributed by atoms with Gasteiger partial charge in [0.25, 0.3) is 0 Å². The molecule has 28 heavy (non-hydrogen) atoms. The fraction of sp³-hybridized carbons (Fsp3) is 0.167. The van der Waals surface area contributed by atoms with Gasteiger partial charge in [-0.25, -0.2) is 14.8 Å². The molecule has 1 aliphatic heterocycles. The molecule has 0 aliphatic carbocycles. The molecular formula is C18H18N6O3S. The van der Waals surface area contributed by atoms with Crippen molar-refractivity contribution >= 4 is 40.7 Å². The van der Waals surface area contributed by atoms with Crippen molar-refractivity contribution in [2.75, 3.05) is 24.1 Å². The number of hydrogen-bond acceptors (Lipinski definition) is 7.